The van der Waals surface area contributed by atoms with Crippen molar-refractivity contribution in [2.45, 2.75) is 24.0 Å². The molecule has 0 spiro atoms. The highest BCUT2D eigenvalue weighted by molar-refractivity contribution is 7.99. The third kappa shape index (κ3) is 2.20. The first-order valence-electron chi connectivity index (χ1n) is 4.79. The van der Waals surface area contributed by atoms with Gasteiger partial charge in [-0.15, -0.1) is 15.3 Å². The van der Waals surface area contributed by atoms with Crippen LogP contribution in [0.5, 0.6) is 0 Å². The van der Waals surface area contributed by atoms with Crippen molar-refractivity contribution in [1.82, 2.24) is 25.0 Å². The molecule has 90 valence electrons. The maximum absolute atomic E-state index is 11.2. The van der Waals surface area contributed by atoms with Crippen LogP contribution in [0.2, 0.25) is 5.15 Å². The summed E-state index contributed by atoms with van der Waals surface area (Å²) < 4.78 is 1.41. The van der Waals surface area contributed by atoms with Gasteiger partial charge in [-0.3, -0.25) is 4.57 Å². The van der Waals surface area contributed by atoms with Crippen LogP contribution in [0.15, 0.2) is 15.0 Å². The molecule has 0 aliphatic rings. The minimum Gasteiger partial charge on any atom is -0.273 e. The zero-order valence-electron chi connectivity index (χ0n) is 9.48. The number of halogens is 1. The molecule has 0 saturated carbocycles. The van der Waals surface area contributed by atoms with Gasteiger partial charge in [0.1, 0.15) is 5.03 Å². The Labute approximate surface area is 106 Å². The van der Waals surface area contributed by atoms with Gasteiger partial charge < -0.3 is 0 Å². The van der Waals surface area contributed by atoms with E-state index in [0.717, 1.165) is 11.1 Å². The van der Waals surface area contributed by atoms with E-state index in [1.165, 1.54) is 16.3 Å². The van der Waals surface area contributed by atoms with Crippen molar-refractivity contribution >= 4 is 23.4 Å². The molecule has 2 aromatic heterocycles. The van der Waals surface area contributed by atoms with Gasteiger partial charge in [0.25, 0.3) is 0 Å². The Morgan fingerprint density at radius 3 is 2.59 bits per heavy atom. The maximum Gasteiger partial charge on any atom is 0.343 e. The summed E-state index contributed by atoms with van der Waals surface area (Å²) >= 11 is 7.14. The summed E-state index contributed by atoms with van der Waals surface area (Å²) in [6, 6.07) is 0. The van der Waals surface area contributed by atoms with Crippen LogP contribution < -0.4 is 5.69 Å². The molecule has 0 radical (unpaired) electrons. The van der Waals surface area contributed by atoms with Gasteiger partial charge in [-0.25, -0.2) is 9.89 Å². The van der Waals surface area contributed by atoms with Crippen molar-refractivity contribution in [3.05, 3.63) is 26.8 Å². The Morgan fingerprint density at radius 2 is 2.00 bits per heavy atom. The second kappa shape index (κ2) is 4.50. The highest BCUT2D eigenvalue weighted by Gasteiger charge is 2.13. The van der Waals surface area contributed by atoms with Crippen molar-refractivity contribution < 1.29 is 0 Å². The SMILES string of the molecule is Cc1c(Cl)nnc(Sc2n[nH]c(=O)n2C)c1C. The van der Waals surface area contributed by atoms with E-state index in [9.17, 15) is 4.79 Å². The van der Waals surface area contributed by atoms with Crippen LogP contribution in [0, 0.1) is 13.8 Å². The number of aromatic nitrogens is 5. The summed E-state index contributed by atoms with van der Waals surface area (Å²) in [5, 5.41) is 15.7. The van der Waals surface area contributed by atoms with Crippen LogP contribution in [0.25, 0.3) is 0 Å². The molecule has 2 heterocycles. The normalized spacial score (nSPS) is 10.8. The Hall–Kier alpha value is -1.34. The fourth-order valence-corrected chi connectivity index (χ4v) is 2.21. The molecule has 17 heavy (non-hydrogen) atoms. The molecule has 0 fully saturated rings. The van der Waals surface area contributed by atoms with E-state index in [-0.39, 0.29) is 5.69 Å². The topological polar surface area (TPSA) is 76.5 Å². The van der Waals surface area contributed by atoms with Gasteiger partial charge in [-0.2, -0.15) is 0 Å². The molecular weight excluding hydrogens is 262 g/mol. The van der Waals surface area contributed by atoms with Crippen molar-refractivity contribution in [2.24, 2.45) is 7.05 Å². The van der Waals surface area contributed by atoms with Gasteiger partial charge >= 0.3 is 5.69 Å². The number of rotatable bonds is 2. The standard InChI is InChI=1S/C9H10ClN5OS/c1-4-5(2)7(12-11-6(4)10)17-9-14-13-8(16)15(9)3/h1-3H3,(H,13,16). The highest BCUT2D eigenvalue weighted by Crippen LogP contribution is 2.28. The van der Waals surface area contributed by atoms with E-state index in [2.05, 4.69) is 20.4 Å². The Morgan fingerprint density at radius 1 is 1.29 bits per heavy atom. The monoisotopic (exact) mass is 271 g/mol. The molecule has 2 rings (SSSR count). The number of hydrogen-bond acceptors (Lipinski definition) is 5. The highest BCUT2D eigenvalue weighted by atomic mass is 35.5. The van der Waals surface area contributed by atoms with Gasteiger partial charge in [-0.1, -0.05) is 11.6 Å². The van der Waals surface area contributed by atoms with Crippen LogP contribution in [-0.2, 0) is 7.05 Å². The fraction of sp³-hybridized carbons (Fsp3) is 0.333. The van der Waals surface area contributed by atoms with E-state index in [1.807, 2.05) is 13.8 Å². The lowest BCUT2D eigenvalue weighted by atomic mass is 10.2. The van der Waals surface area contributed by atoms with Crippen LogP contribution in [0.3, 0.4) is 0 Å². The molecule has 8 heteroatoms. The molecule has 6 nitrogen and oxygen atoms in total. The van der Waals surface area contributed by atoms with Crippen molar-refractivity contribution in [3.8, 4) is 0 Å². The third-order valence-electron chi connectivity index (χ3n) is 2.45. The zero-order chi connectivity index (χ0) is 12.6. The average Bonchev–Trinajstić information content (AvgIpc) is 2.62. The third-order valence-corrected chi connectivity index (χ3v) is 3.94. The van der Waals surface area contributed by atoms with Gasteiger partial charge in [0.15, 0.2) is 10.3 Å². The first-order valence-corrected chi connectivity index (χ1v) is 5.98. The second-order valence-corrected chi connectivity index (χ2v) is 4.83. The number of H-pyrrole nitrogens is 1. The number of nitrogens with zero attached hydrogens (tertiary/aromatic N) is 4. The lowest BCUT2D eigenvalue weighted by Crippen LogP contribution is -2.13. The van der Waals surface area contributed by atoms with E-state index >= 15 is 0 Å². The lowest BCUT2D eigenvalue weighted by Gasteiger charge is -2.06. The van der Waals surface area contributed by atoms with Gasteiger partial charge in [-0.05, 0) is 36.7 Å². The van der Waals surface area contributed by atoms with Crippen molar-refractivity contribution in [1.29, 1.82) is 0 Å². The van der Waals surface area contributed by atoms with Crippen LogP contribution in [-0.4, -0.2) is 25.0 Å². The Bertz CT molecular complexity index is 620. The number of aromatic amines is 1. The average molecular weight is 272 g/mol. The number of hydrogen-bond donors (Lipinski definition) is 1. The first-order chi connectivity index (χ1) is 8.00. The van der Waals surface area contributed by atoms with E-state index < -0.39 is 0 Å². The van der Waals surface area contributed by atoms with E-state index in [1.54, 1.807) is 7.05 Å². The summed E-state index contributed by atoms with van der Waals surface area (Å²) in [5.74, 6) is 0. The first kappa shape index (κ1) is 12.1. The second-order valence-electron chi connectivity index (χ2n) is 3.52. The quantitative estimate of drug-likeness (QED) is 0.891. The van der Waals surface area contributed by atoms with Crippen molar-refractivity contribution in [2.75, 3.05) is 0 Å². The predicted octanol–water partition coefficient (Wildman–Crippen LogP) is 1.32. The molecule has 0 aliphatic carbocycles. The predicted molar refractivity (Wildman–Crippen MR) is 64.5 cm³/mol. The molecule has 0 bridgehead atoms. The lowest BCUT2D eigenvalue weighted by molar-refractivity contribution is 0.762. The fourth-order valence-electron chi connectivity index (χ4n) is 1.16. The molecule has 1 N–H and O–H groups in total. The summed E-state index contributed by atoms with van der Waals surface area (Å²) in [7, 11) is 1.64. The van der Waals surface area contributed by atoms with Crippen molar-refractivity contribution in [3.63, 3.8) is 0 Å². The Balaban J connectivity index is 2.40. The van der Waals surface area contributed by atoms with Crippen LogP contribution in [0.1, 0.15) is 11.1 Å². The number of nitrogens with one attached hydrogen (secondary N) is 1. The molecule has 0 atom stereocenters. The van der Waals surface area contributed by atoms with Crippen LogP contribution >= 0.6 is 23.4 Å². The van der Waals surface area contributed by atoms with Gasteiger partial charge in [0.2, 0.25) is 0 Å². The minimum atomic E-state index is -0.260. The maximum atomic E-state index is 11.2. The molecule has 0 unspecified atom stereocenters. The van der Waals surface area contributed by atoms with Gasteiger partial charge in [0.05, 0.1) is 0 Å². The molecule has 0 aliphatic heterocycles. The van der Waals surface area contributed by atoms with Crippen LogP contribution in [0.4, 0.5) is 0 Å². The Kier molecular flexibility index (Phi) is 3.21. The summed E-state index contributed by atoms with van der Waals surface area (Å²) in [5.41, 5.74) is 1.55. The van der Waals surface area contributed by atoms with Gasteiger partial charge in [0, 0.05) is 7.05 Å². The summed E-state index contributed by atoms with van der Waals surface area (Å²) in [6.45, 7) is 3.78. The van der Waals surface area contributed by atoms with E-state index in [0.29, 0.717) is 15.3 Å². The van der Waals surface area contributed by atoms with E-state index in [4.69, 9.17) is 11.6 Å². The zero-order valence-corrected chi connectivity index (χ0v) is 11.1. The smallest absolute Gasteiger partial charge is 0.273 e. The largest absolute Gasteiger partial charge is 0.343 e. The summed E-state index contributed by atoms with van der Waals surface area (Å²) in [6.07, 6.45) is 0. The minimum absolute atomic E-state index is 0.260. The molecule has 0 saturated heterocycles. The summed E-state index contributed by atoms with van der Waals surface area (Å²) in [4.78, 5) is 11.2. The molecule has 0 aromatic carbocycles. The molecule has 0 amide bonds. The molecular formula is C9H10ClN5OS. The molecule has 2 aromatic rings.